The van der Waals surface area contributed by atoms with E-state index in [4.69, 9.17) is 0 Å². The molecule has 2 rings (SSSR count). The van der Waals surface area contributed by atoms with Gasteiger partial charge in [-0.3, -0.25) is 4.68 Å². The molecule has 0 saturated heterocycles. The predicted molar refractivity (Wildman–Crippen MR) is 79.2 cm³/mol. The number of aryl methyl sites for hydroxylation is 2. The summed E-state index contributed by atoms with van der Waals surface area (Å²) in [6.45, 7) is 7.87. The Bertz CT molecular complexity index is 563. The van der Waals surface area contributed by atoms with Crippen LogP contribution >= 0.6 is 0 Å². The molecule has 1 heterocycles. The van der Waals surface area contributed by atoms with Crippen LogP contribution < -0.4 is 5.32 Å². The minimum Gasteiger partial charge on any atom is -0.310 e. The summed E-state index contributed by atoms with van der Waals surface area (Å²) in [5, 5.41) is 7.74. The number of rotatable bonds is 6. The fraction of sp³-hybridized carbons (Fsp3) is 0.438. The molecule has 108 valence electrons. The van der Waals surface area contributed by atoms with E-state index >= 15 is 0 Å². The second kappa shape index (κ2) is 6.66. The number of likely N-dealkylation sites (N-methyl/N-ethyl adjacent to an activating group) is 1. The largest absolute Gasteiger partial charge is 0.310 e. The second-order valence-corrected chi connectivity index (χ2v) is 5.02. The van der Waals surface area contributed by atoms with E-state index in [1.807, 2.05) is 23.9 Å². The van der Waals surface area contributed by atoms with Gasteiger partial charge in [0.05, 0.1) is 6.20 Å². The van der Waals surface area contributed by atoms with E-state index in [2.05, 4.69) is 30.5 Å². The zero-order valence-electron chi connectivity index (χ0n) is 12.4. The molecule has 1 unspecified atom stereocenters. The van der Waals surface area contributed by atoms with Crippen LogP contribution in [0.3, 0.4) is 0 Å². The molecular formula is C16H22FN3. The Hall–Kier alpha value is -1.68. The van der Waals surface area contributed by atoms with Gasteiger partial charge in [-0.25, -0.2) is 4.39 Å². The number of benzene rings is 1. The van der Waals surface area contributed by atoms with Crippen molar-refractivity contribution in [1.29, 1.82) is 0 Å². The van der Waals surface area contributed by atoms with E-state index in [0.29, 0.717) is 0 Å². The Morgan fingerprint density at radius 1 is 1.35 bits per heavy atom. The van der Waals surface area contributed by atoms with Gasteiger partial charge in [0.2, 0.25) is 0 Å². The molecule has 0 amide bonds. The van der Waals surface area contributed by atoms with Crippen molar-refractivity contribution < 1.29 is 4.39 Å². The predicted octanol–water partition coefficient (Wildman–Crippen LogP) is 3.24. The first-order chi connectivity index (χ1) is 9.63. The third-order valence-electron chi connectivity index (χ3n) is 3.52. The number of nitrogens with one attached hydrogen (secondary N) is 1. The average molecular weight is 275 g/mol. The van der Waals surface area contributed by atoms with Gasteiger partial charge in [0.25, 0.3) is 0 Å². The summed E-state index contributed by atoms with van der Waals surface area (Å²) in [7, 11) is 0. The smallest absolute Gasteiger partial charge is 0.123 e. The number of halogens is 1. The van der Waals surface area contributed by atoms with Crippen LogP contribution in [-0.2, 0) is 13.0 Å². The lowest BCUT2D eigenvalue weighted by Gasteiger charge is -2.20. The minimum absolute atomic E-state index is 0.116. The maximum absolute atomic E-state index is 13.5. The first-order valence-corrected chi connectivity index (χ1v) is 7.14. The quantitative estimate of drug-likeness (QED) is 0.877. The van der Waals surface area contributed by atoms with Gasteiger partial charge in [-0.05, 0) is 55.6 Å². The van der Waals surface area contributed by atoms with Crippen molar-refractivity contribution in [3.8, 4) is 0 Å². The fourth-order valence-corrected chi connectivity index (χ4v) is 2.45. The van der Waals surface area contributed by atoms with Crippen molar-refractivity contribution in [2.24, 2.45) is 0 Å². The molecule has 4 heteroatoms. The lowest BCUT2D eigenvalue weighted by molar-refractivity contribution is 0.539. The molecule has 0 radical (unpaired) electrons. The van der Waals surface area contributed by atoms with Crippen LogP contribution in [0.25, 0.3) is 0 Å². The molecule has 3 nitrogen and oxygen atoms in total. The Morgan fingerprint density at radius 3 is 2.80 bits per heavy atom. The fourth-order valence-electron chi connectivity index (χ4n) is 2.45. The summed E-state index contributed by atoms with van der Waals surface area (Å²) in [5.41, 5.74) is 3.30. The summed E-state index contributed by atoms with van der Waals surface area (Å²) in [6, 6.07) is 5.10. The molecule has 1 aromatic heterocycles. The first-order valence-electron chi connectivity index (χ1n) is 7.14. The van der Waals surface area contributed by atoms with Crippen LogP contribution in [-0.4, -0.2) is 16.3 Å². The normalized spacial score (nSPS) is 12.6. The van der Waals surface area contributed by atoms with E-state index in [9.17, 15) is 4.39 Å². The van der Waals surface area contributed by atoms with Crippen molar-refractivity contribution in [2.75, 3.05) is 6.54 Å². The lowest BCUT2D eigenvalue weighted by atomic mass is 9.96. The molecular weight excluding hydrogens is 253 g/mol. The van der Waals surface area contributed by atoms with Gasteiger partial charge < -0.3 is 5.32 Å². The van der Waals surface area contributed by atoms with E-state index in [0.717, 1.165) is 30.6 Å². The van der Waals surface area contributed by atoms with Gasteiger partial charge in [0, 0.05) is 18.8 Å². The highest BCUT2D eigenvalue weighted by molar-refractivity contribution is 5.31. The highest BCUT2D eigenvalue weighted by Gasteiger charge is 2.15. The second-order valence-electron chi connectivity index (χ2n) is 5.02. The highest BCUT2D eigenvalue weighted by Crippen LogP contribution is 2.22. The SMILES string of the molecule is CCNC(Cc1cnn(CC)c1)c1cc(F)ccc1C. The van der Waals surface area contributed by atoms with Crippen LogP contribution in [0.4, 0.5) is 4.39 Å². The third-order valence-corrected chi connectivity index (χ3v) is 3.52. The molecule has 2 aromatic rings. The third kappa shape index (κ3) is 3.45. The number of aromatic nitrogens is 2. The van der Waals surface area contributed by atoms with Crippen LogP contribution in [0.15, 0.2) is 30.6 Å². The van der Waals surface area contributed by atoms with Crippen LogP contribution in [0, 0.1) is 12.7 Å². The average Bonchev–Trinajstić information content (AvgIpc) is 2.89. The van der Waals surface area contributed by atoms with Crippen molar-refractivity contribution in [1.82, 2.24) is 15.1 Å². The Balaban J connectivity index is 2.23. The summed E-state index contributed by atoms with van der Waals surface area (Å²) < 4.78 is 15.4. The first kappa shape index (κ1) is 14.7. The standard InChI is InChI=1S/C16H22FN3/c1-4-18-16(8-13-10-19-20(5-2)11-13)15-9-14(17)7-6-12(15)3/h6-7,9-11,16,18H,4-5,8H2,1-3H3. The lowest BCUT2D eigenvalue weighted by Crippen LogP contribution is -2.23. The highest BCUT2D eigenvalue weighted by atomic mass is 19.1. The molecule has 0 aliphatic rings. The zero-order chi connectivity index (χ0) is 14.5. The maximum Gasteiger partial charge on any atom is 0.123 e. The molecule has 0 saturated carbocycles. The summed E-state index contributed by atoms with van der Waals surface area (Å²) in [4.78, 5) is 0. The van der Waals surface area contributed by atoms with Crippen molar-refractivity contribution >= 4 is 0 Å². The topological polar surface area (TPSA) is 29.9 Å². The van der Waals surface area contributed by atoms with Gasteiger partial charge in [0.1, 0.15) is 5.82 Å². The monoisotopic (exact) mass is 275 g/mol. The Labute approximate surface area is 119 Å². The zero-order valence-corrected chi connectivity index (χ0v) is 12.4. The molecule has 20 heavy (non-hydrogen) atoms. The van der Waals surface area contributed by atoms with Gasteiger partial charge in [-0.2, -0.15) is 5.10 Å². The van der Waals surface area contributed by atoms with Crippen molar-refractivity contribution in [3.63, 3.8) is 0 Å². The van der Waals surface area contributed by atoms with Gasteiger partial charge in [-0.1, -0.05) is 13.0 Å². The summed E-state index contributed by atoms with van der Waals surface area (Å²) in [5.74, 6) is -0.183. The number of hydrogen-bond acceptors (Lipinski definition) is 2. The van der Waals surface area contributed by atoms with Crippen LogP contribution in [0.5, 0.6) is 0 Å². The molecule has 1 atom stereocenters. The molecule has 0 spiro atoms. The van der Waals surface area contributed by atoms with Crippen molar-refractivity contribution in [3.05, 3.63) is 53.1 Å². The molecule has 1 aromatic carbocycles. The van der Waals surface area contributed by atoms with Crippen LogP contribution in [0.2, 0.25) is 0 Å². The Morgan fingerprint density at radius 2 is 2.15 bits per heavy atom. The molecule has 0 fully saturated rings. The Kier molecular flexibility index (Phi) is 4.90. The van der Waals surface area contributed by atoms with Gasteiger partial charge in [0.15, 0.2) is 0 Å². The maximum atomic E-state index is 13.5. The van der Waals surface area contributed by atoms with E-state index < -0.39 is 0 Å². The molecule has 1 N–H and O–H groups in total. The number of hydrogen-bond donors (Lipinski definition) is 1. The van der Waals surface area contributed by atoms with E-state index in [1.54, 1.807) is 6.07 Å². The van der Waals surface area contributed by atoms with E-state index in [1.165, 1.54) is 11.6 Å². The van der Waals surface area contributed by atoms with Gasteiger partial charge in [-0.15, -0.1) is 0 Å². The summed E-state index contributed by atoms with van der Waals surface area (Å²) in [6.07, 6.45) is 4.76. The number of nitrogens with zero attached hydrogens (tertiary/aromatic N) is 2. The van der Waals surface area contributed by atoms with Crippen molar-refractivity contribution in [2.45, 2.75) is 39.8 Å². The molecule has 0 aliphatic carbocycles. The van der Waals surface area contributed by atoms with Crippen LogP contribution in [0.1, 0.15) is 36.6 Å². The molecule has 0 aliphatic heterocycles. The summed E-state index contributed by atoms with van der Waals surface area (Å²) >= 11 is 0. The minimum atomic E-state index is -0.183. The van der Waals surface area contributed by atoms with E-state index in [-0.39, 0.29) is 11.9 Å². The van der Waals surface area contributed by atoms with Gasteiger partial charge >= 0.3 is 0 Å². The molecule has 0 bridgehead atoms.